The Bertz CT molecular complexity index is 1360. The minimum Gasteiger partial charge on any atom is -0.354 e. The number of halogens is 1. The Balaban J connectivity index is 1.36. The number of nitrogens with zero attached hydrogens (tertiary/aromatic N) is 6. The Morgan fingerprint density at radius 3 is 2.50 bits per heavy atom. The first-order valence-corrected chi connectivity index (χ1v) is 11.5. The first-order valence-electron chi connectivity index (χ1n) is 11.5. The molecule has 0 spiro atoms. The Morgan fingerprint density at radius 1 is 1.06 bits per heavy atom. The molecule has 1 aliphatic rings. The summed E-state index contributed by atoms with van der Waals surface area (Å²) in [7, 11) is 3.71. The minimum atomic E-state index is -0.391. The fraction of sp³-hybridized carbons (Fsp3) is 0.308. The van der Waals surface area contributed by atoms with Crippen LogP contribution in [0.2, 0.25) is 0 Å². The van der Waals surface area contributed by atoms with E-state index < -0.39 is 5.82 Å². The van der Waals surface area contributed by atoms with Crippen molar-refractivity contribution in [3.63, 3.8) is 0 Å². The molecule has 0 N–H and O–H groups in total. The molecule has 34 heavy (non-hydrogen) atoms. The van der Waals surface area contributed by atoms with Gasteiger partial charge >= 0.3 is 0 Å². The monoisotopic (exact) mass is 458 g/mol. The number of rotatable bonds is 4. The molecule has 0 atom stereocenters. The lowest BCUT2D eigenvalue weighted by atomic mass is 10.0. The van der Waals surface area contributed by atoms with Crippen molar-refractivity contribution >= 4 is 22.5 Å². The minimum absolute atomic E-state index is 0.0827. The molecule has 174 valence electrons. The van der Waals surface area contributed by atoms with Crippen molar-refractivity contribution in [3.05, 3.63) is 71.7 Å². The Kier molecular flexibility index (Phi) is 5.73. The van der Waals surface area contributed by atoms with Gasteiger partial charge in [0.2, 0.25) is 0 Å². The highest BCUT2D eigenvalue weighted by Gasteiger charge is 2.28. The smallest absolute Gasteiger partial charge is 0.254 e. The summed E-state index contributed by atoms with van der Waals surface area (Å²) < 4.78 is 15.5. The molecule has 8 heteroatoms. The fourth-order valence-electron chi connectivity index (χ4n) is 4.76. The van der Waals surface area contributed by atoms with Gasteiger partial charge < -0.3 is 9.80 Å². The van der Waals surface area contributed by atoms with Crippen molar-refractivity contribution in [1.82, 2.24) is 24.9 Å². The van der Waals surface area contributed by atoms with Gasteiger partial charge in [-0.3, -0.25) is 9.48 Å². The van der Waals surface area contributed by atoms with Gasteiger partial charge in [0.1, 0.15) is 11.5 Å². The first-order chi connectivity index (χ1) is 16.4. The van der Waals surface area contributed by atoms with E-state index in [4.69, 9.17) is 0 Å². The van der Waals surface area contributed by atoms with Crippen molar-refractivity contribution in [2.24, 2.45) is 7.05 Å². The highest BCUT2D eigenvalue weighted by atomic mass is 19.1. The number of amides is 1. The van der Waals surface area contributed by atoms with Gasteiger partial charge in [0, 0.05) is 55.8 Å². The van der Waals surface area contributed by atoms with Crippen LogP contribution >= 0.6 is 0 Å². The molecule has 2 aromatic carbocycles. The molecule has 5 rings (SSSR count). The molecule has 1 saturated heterocycles. The predicted octanol–water partition coefficient (Wildman–Crippen LogP) is 4.22. The third-order valence-electron chi connectivity index (χ3n) is 6.79. The number of hydrogen-bond donors (Lipinski definition) is 0. The summed E-state index contributed by atoms with van der Waals surface area (Å²) in [5.74, 6) is 0.327. The van der Waals surface area contributed by atoms with Crippen LogP contribution in [0.25, 0.3) is 22.2 Å². The van der Waals surface area contributed by atoms with Gasteiger partial charge in [0.15, 0.2) is 5.82 Å². The topological polar surface area (TPSA) is 67.2 Å². The number of anilines is 1. The lowest BCUT2D eigenvalue weighted by molar-refractivity contribution is 0.0708. The average Bonchev–Trinajstić information content (AvgIpc) is 3.29. The molecule has 1 fully saturated rings. The van der Waals surface area contributed by atoms with Gasteiger partial charge in [-0.25, -0.2) is 4.39 Å². The summed E-state index contributed by atoms with van der Waals surface area (Å²) >= 11 is 0. The maximum absolute atomic E-state index is 13.7. The largest absolute Gasteiger partial charge is 0.354 e. The number of carbonyl (C=O) groups is 1. The van der Waals surface area contributed by atoms with E-state index in [0.717, 1.165) is 59.5 Å². The summed E-state index contributed by atoms with van der Waals surface area (Å²) in [5, 5.41) is 15.5. The van der Waals surface area contributed by atoms with E-state index >= 15 is 0 Å². The van der Waals surface area contributed by atoms with Crippen molar-refractivity contribution in [3.8, 4) is 11.4 Å². The van der Waals surface area contributed by atoms with Gasteiger partial charge in [-0.1, -0.05) is 30.3 Å². The summed E-state index contributed by atoms with van der Waals surface area (Å²) in [5.41, 5.74) is 2.94. The number of aromatic nitrogens is 4. The van der Waals surface area contributed by atoms with Crippen LogP contribution < -0.4 is 4.90 Å². The average molecular weight is 459 g/mol. The molecule has 3 heterocycles. The van der Waals surface area contributed by atoms with Crippen molar-refractivity contribution in [1.29, 1.82) is 0 Å². The number of benzene rings is 2. The summed E-state index contributed by atoms with van der Waals surface area (Å²) in [6.45, 7) is 3.35. The zero-order valence-electron chi connectivity index (χ0n) is 19.6. The van der Waals surface area contributed by atoms with E-state index in [0.29, 0.717) is 5.56 Å². The van der Waals surface area contributed by atoms with E-state index in [9.17, 15) is 9.18 Å². The van der Waals surface area contributed by atoms with Crippen LogP contribution in [-0.4, -0.2) is 57.0 Å². The maximum Gasteiger partial charge on any atom is 0.254 e. The molecular weight excluding hydrogens is 431 g/mol. The first kappa shape index (κ1) is 22.0. The molecule has 2 aromatic heterocycles. The molecule has 1 aliphatic heterocycles. The van der Waals surface area contributed by atoms with Gasteiger partial charge in [-0.2, -0.15) is 5.10 Å². The van der Waals surface area contributed by atoms with Crippen LogP contribution in [0.3, 0.4) is 0 Å². The highest BCUT2D eigenvalue weighted by molar-refractivity contribution is 6.00. The fourth-order valence-corrected chi connectivity index (χ4v) is 4.76. The summed E-state index contributed by atoms with van der Waals surface area (Å²) in [6, 6.07) is 14.6. The van der Waals surface area contributed by atoms with E-state index in [2.05, 4.69) is 32.3 Å². The lowest BCUT2D eigenvalue weighted by Crippen LogP contribution is -2.46. The Morgan fingerprint density at radius 2 is 1.79 bits per heavy atom. The number of hydrogen-bond acceptors (Lipinski definition) is 5. The highest BCUT2D eigenvalue weighted by Crippen LogP contribution is 2.32. The molecule has 0 unspecified atom stereocenters. The molecule has 0 bridgehead atoms. The molecule has 0 saturated carbocycles. The van der Waals surface area contributed by atoms with E-state index in [1.807, 2.05) is 39.2 Å². The molecule has 1 amide bonds. The molecule has 0 radical (unpaired) electrons. The second-order valence-corrected chi connectivity index (χ2v) is 8.85. The molecular formula is C26H27FN6O. The number of aryl methyl sites for hydroxylation is 2. The third-order valence-corrected chi connectivity index (χ3v) is 6.79. The van der Waals surface area contributed by atoms with Gasteiger partial charge in [-0.05, 0) is 43.5 Å². The summed E-state index contributed by atoms with van der Waals surface area (Å²) in [4.78, 5) is 17.0. The zero-order chi connectivity index (χ0) is 23.8. The standard InChI is InChI=1S/C26H27FN6O/c1-17-8-9-18(27)16-22(17)26(34)31(2)19-11-14-33(15-12-19)25-21-7-5-4-6-20(21)24(29-30-25)23-10-13-28-32(23)3/h4-10,13,16,19H,11-12,14-15H2,1-3H3. The van der Waals surface area contributed by atoms with Gasteiger partial charge in [0.05, 0.1) is 5.69 Å². The zero-order valence-corrected chi connectivity index (χ0v) is 19.6. The third kappa shape index (κ3) is 3.89. The normalized spacial score (nSPS) is 14.5. The number of fused-ring (bicyclic) bond motifs is 1. The predicted molar refractivity (Wildman–Crippen MR) is 130 cm³/mol. The Labute approximate surface area is 197 Å². The SMILES string of the molecule is Cc1ccc(F)cc1C(=O)N(C)C1CCN(c2nnc(-c3ccnn3C)c3ccccc23)CC1. The lowest BCUT2D eigenvalue weighted by Gasteiger charge is -2.37. The van der Waals surface area contributed by atoms with E-state index in [-0.39, 0.29) is 11.9 Å². The molecule has 4 aromatic rings. The Hall–Kier alpha value is -3.81. The number of carbonyl (C=O) groups excluding carboxylic acids is 1. The van der Waals surface area contributed by atoms with Crippen molar-refractivity contribution < 1.29 is 9.18 Å². The van der Waals surface area contributed by atoms with Gasteiger partial charge in [-0.15, -0.1) is 10.2 Å². The van der Waals surface area contributed by atoms with Crippen molar-refractivity contribution in [2.45, 2.75) is 25.8 Å². The van der Waals surface area contributed by atoms with Crippen LogP contribution in [0.1, 0.15) is 28.8 Å². The number of piperidine rings is 1. The van der Waals surface area contributed by atoms with Crippen molar-refractivity contribution in [2.75, 3.05) is 25.0 Å². The van der Waals surface area contributed by atoms with Crippen LogP contribution in [-0.2, 0) is 7.05 Å². The van der Waals surface area contributed by atoms with Crippen LogP contribution in [0.15, 0.2) is 54.7 Å². The quantitative estimate of drug-likeness (QED) is 0.458. The van der Waals surface area contributed by atoms with E-state index in [1.54, 1.807) is 21.8 Å². The van der Waals surface area contributed by atoms with Crippen LogP contribution in [0, 0.1) is 12.7 Å². The maximum atomic E-state index is 13.7. The summed E-state index contributed by atoms with van der Waals surface area (Å²) in [6.07, 6.45) is 3.36. The van der Waals surface area contributed by atoms with E-state index in [1.165, 1.54) is 12.1 Å². The van der Waals surface area contributed by atoms with Gasteiger partial charge in [0.25, 0.3) is 5.91 Å². The van der Waals surface area contributed by atoms with Crippen LogP contribution in [0.5, 0.6) is 0 Å². The molecule has 0 aliphatic carbocycles. The second kappa shape index (κ2) is 8.85. The van der Waals surface area contributed by atoms with Crippen LogP contribution in [0.4, 0.5) is 10.2 Å². The second-order valence-electron chi connectivity index (χ2n) is 8.85. The molecule has 7 nitrogen and oxygen atoms in total.